The predicted octanol–water partition coefficient (Wildman–Crippen LogP) is 2.76. The van der Waals surface area contributed by atoms with Crippen LogP contribution in [0.2, 0.25) is 5.02 Å². The normalized spacial score (nSPS) is 26.7. The maximum Gasteiger partial charge on any atom is 0.265 e. The highest BCUT2D eigenvalue weighted by Gasteiger charge is 2.38. The molecular weight excluding hydrogens is 400 g/mol. The molecule has 3 aliphatic rings. The smallest absolute Gasteiger partial charge is 0.265 e. The first-order chi connectivity index (χ1) is 14.0. The first kappa shape index (κ1) is 20.5. The lowest BCUT2D eigenvalue weighted by atomic mass is 9.96. The summed E-state index contributed by atoms with van der Waals surface area (Å²) in [5.74, 6) is 1.45. The van der Waals surface area contributed by atoms with Crippen molar-refractivity contribution in [3.63, 3.8) is 0 Å². The van der Waals surface area contributed by atoms with E-state index in [4.69, 9.17) is 22.1 Å². The van der Waals surface area contributed by atoms with E-state index in [0.29, 0.717) is 23.9 Å². The highest BCUT2D eigenvalue weighted by atomic mass is 35.5. The summed E-state index contributed by atoms with van der Waals surface area (Å²) in [5, 5.41) is 8.76. The molecule has 2 N–H and O–H groups in total. The van der Waals surface area contributed by atoms with E-state index in [-0.39, 0.29) is 18.6 Å². The minimum atomic E-state index is -2.47. The van der Waals surface area contributed by atoms with Gasteiger partial charge in [-0.05, 0) is 37.0 Å². The van der Waals surface area contributed by atoms with Crippen LogP contribution in [-0.2, 0) is 11.2 Å². The van der Waals surface area contributed by atoms with Crippen LogP contribution in [0.3, 0.4) is 0 Å². The Hall–Kier alpha value is -1.77. The van der Waals surface area contributed by atoms with Crippen molar-refractivity contribution in [3.8, 4) is 0 Å². The van der Waals surface area contributed by atoms with Gasteiger partial charge in [0.05, 0.1) is 13.0 Å². The summed E-state index contributed by atoms with van der Waals surface area (Å²) in [5.41, 5.74) is 6.86. The molecule has 1 aromatic rings. The van der Waals surface area contributed by atoms with Crippen molar-refractivity contribution in [3.05, 3.63) is 34.9 Å². The van der Waals surface area contributed by atoms with Crippen molar-refractivity contribution < 1.29 is 13.5 Å². The van der Waals surface area contributed by atoms with Gasteiger partial charge in [0.2, 0.25) is 0 Å². The maximum absolute atomic E-state index is 13.3. The SMILES string of the molecule is NC1=NN=C(N2CCC(N3C[C@H](C(F)F)OC[C@@H]3Cc3ccc(Cl)cc3)CC2)C1. The zero-order valence-corrected chi connectivity index (χ0v) is 16.9. The summed E-state index contributed by atoms with van der Waals surface area (Å²) in [6.07, 6.45) is -0.360. The number of ether oxygens (including phenoxy) is 1. The molecule has 2 fully saturated rings. The van der Waals surface area contributed by atoms with Crippen LogP contribution in [0.15, 0.2) is 34.5 Å². The van der Waals surface area contributed by atoms with Crippen molar-refractivity contribution >= 4 is 23.3 Å². The predicted molar refractivity (Wildman–Crippen MR) is 110 cm³/mol. The molecule has 0 aliphatic carbocycles. The Bertz CT molecular complexity index is 765. The number of halogens is 3. The second kappa shape index (κ2) is 8.93. The van der Waals surface area contributed by atoms with Gasteiger partial charge in [-0.1, -0.05) is 23.7 Å². The summed E-state index contributed by atoms with van der Waals surface area (Å²) < 4.78 is 32.2. The highest BCUT2D eigenvalue weighted by Crippen LogP contribution is 2.27. The van der Waals surface area contributed by atoms with Gasteiger partial charge < -0.3 is 15.4 Å². The van der Waals surface area contributed by atoms with Gasteiger partial charge in [0, 0.05) is 36.7 Å². The van der Waals surface area contributed by atoms with Crippen LogP contribution >= 0.6 is 11.6 Å². The van der Waals surface area contributed by atoms with Crippen molar-refractivity contribution in [2.75, 3.05) is 26.2 Å². The molecule has 4 rings (SSSR count). The fourth-order valence-electron chi connectivity index (χ4n) is 4.39. The third kappa shape index (κ3) is 4.87. The van der Waals surface area contributed by atoms with Gasteiger partial charge in [0.25, 0.3) is 6.43 Å². The van der Waals surface area contributed by atoms with Crippen molar-refractivity contribution in [1.82, 2.24) is 9.80 Å². The molecule has 3 aliphatic heterocycles. The molecule has 0 aromatic heterocycles. The lowest BCUT2D eigenvalue weighted by Crippen LogP contribution is -2.58. The first-order valence-corrected chi connectivity index (χ1v) is 10.4. The molecule has 2 atom stereocenters. The summed E-state index contributed by atoms with van der Waals surface area (Å²) in [6.45, 7) is 2.24. The molecular formula is C20H26ClF2N5O. The van der Waals surface area contributed by atoms with Gasteiger partial charge in [0.1, 0.15) is 17.8 Å². The van der Waals surface area contributed by atoms with Crippen molar-refractivity contribution in [1.29, 1.82) is 0 Å². The Labute approximate surface area is 174 Å². The van der Waals surface area contributed by atoms with Crippen LogP contribution < -0.4 is 5.73 Å². The van der Waals surface area contributed by atoms with Gasteiger partial charge in [-0.3, -0.25) is 4.90 Å². The molecule has 0 bridgehead atoms. The van der Waals surface area contributed by atoms with Crippen molar-refractivity contribution in [2.45, 2.75) is 50.3 Å². The van der Waals surface area contributed by atoms with Crippen LogP contribution in [0, 0.1) is 0 Å². The fraction of sp³-hybridized carbons (Fsp3) is 0.600. The molecule has 0 saturated carbocycles. The molecule has 9 heteroatoms. The molecule has 3 heterocycles. The number of benzene rings is 1. The van der Waals surface area contributed by atoms with E-state index < -0.39 is 12.5 Å². The Morgan fingerprint density at radius 2 is 1.90 bits per heavy atom. The zero-order valence-electron chi connectivity index (χ0n) is 16.2. The number of rotatable bonds is 4. The lowest BCUT2D eigenvalue weighted by molar-refractivity contribution is -0.136. The van der Waals surface area contributed by atoms with E-state index in [2.05, 4.69) is 20.0 Å². The number of piperidine rings is 1. The second-order valence-electron chi connectivity index (χ2n) is 7.89. The molecule has 158 valence electrons. The number of alkyl halides is 2. The van der Waals surface area contributed by atoms with Crippen LogP contribution in [0.4, 0.5) is 8.78 Å². The Morgan fingerprint density at radius 1 is 1.17 bits per heavy atom. The third-order valence-corrected chi connectivity index (χ3v) is 6.21. The van der Waals surface area contributed by atoms with Crippen molar-refractivity contribution in [2.24, 2.45) is 15.9 Å². The lowest BCUT2D eigenvalue weighted by Gasteiger charge is -2.46. The zero-order chi connectivity index (χ0) is 20.4. The van der Waals surface area contributed by atoms with Gasteiger partial charge in [-0.25, -0.2) is 8.78 Å². The Morgan fingerprint density at radius 3 is 2.52 bits per heavy atom. The quantitative estimate of drug-likeness (QED) is 0.805. The van der Waals surface area contributed by atoms with E-state index in [1.54, 1.807) is 0 Å². The van der Waals surface area contributed by atoms with Gasteiger partial charge in [-0.2, -0.15) is 0 Å². The summed E-state index contributed by atoms with van der Waals surface area (Å²) >= 11 is 5.99. The molecule has 0 radical (unpaired) electrons. The standard InChI is InChI=1S/C20H26ClF2N5O/c21-14-3-1-13(2-4-14)9-16-12-29-17(20(22)23)11-28(16)15-5-7-27(8-6-15)19-10-18(24)25-26-19/h1-4,15-17,20H,5-12H2,(H2,24,25)/t16-,17+/m0/s1. The number of amidine groups is 2. The number of hydrogen-bond donors (Lipinski definition) is 1. The summed E-state index contributed by atoms with van der Waals surface area (Å²) in [4.78, 5) is 4.45. The van der Waals surface area contributed by atoms with Gasteiger partial charge >= 0.3 is 0 Å². The molecule has 0 spiro atoms. The maximum atomic E-state index is 13.3. The molecule has 0 unspecified atom stereocenters. The van der Waals surface area contributed by atoms with Gasteiger partial charge in [0.15, 0.2) is 0 Å². The summed E-state index contributed by atoms with van der Waals surface area (Å²) in [7, 11) is 0. The summed E-state index contributed by atoms with van der Waals surface area (Å²) in [6, 6.07) is 8.03. The largest absolute Gasteiger partial charge is 0.385 e. The Kier molecular flexibility index (Phi) is 6.32. The molecule has 6 nitrogen and oxygen atoms in total. The third-order valence-electron chi connectivity index (χ3n) is 5.96. The van der Waals surface area contributed by atoms with Crippen LogP contribution in [0.25, 0.3) is 0 Å². The Balaban J connectivity index is 1.41. The minimum absolute atomic E-state index is 0.0746. The average molecular weight is 426 g/mol. The number of nitrogens with two attached hydrogens (primary N) is 1. The molecule has 29 heavy (non-hydrogen) atoms. The van der Waals surface area contributed by atoms with E-state index in [1.165, 1.54) is 0 Å². The fourth-order valence-corrected chi connectivity index (χ4v) is 4.52. The number of hydrogen-bond acceptors (Lipinski definition) is 6. The van der Waals surface area contributed by atoms with E-state index >= 15 is 0 Å². The average Bonchev–Trinajstić information content (AvgIpc) is 3.16. The van der Waals surface area contributed by atoms with Crippen LogP contribution in [-0.4, -0.2) is 72.3 Å². The number of likely N-dealkylation sites (tertiary alicyclic amines) is 1. The minimum Gasteiger partial charge on any atom is -0.385 e. The van der Waals surface area contributed by atoms with Crippen LogP contribution in [0.1, 0.15) is 24.8 Å². The van der Waals surface area contributed by atoms with E-state index in [9.17, 15) is 8.78 Å². The van der Waals surface area contributed by atoms with Crippen LogP contribution in [0.5, 0.6) is 0 Å². The van der Waals surface area contributed by atoms with E-state index in [0.717, 1.165) is 43.8 Å². The second-order valence-corrected chi connectivity index (χ2v) is 8.33. The number of morpholine rings is 1. The topological polar surface area (TPSA) is 66.5 Å². The highest BCUT2D eigenvalue weighted by molar-refractivity contribution is 6.30. The molecule has 2 saturated heterocycles. The molecule has 1 aromatic carbocycles. The number of nitrogens with zero attached hydrogens (tertiary/aromatic N) is 4. The first-order valence-electron chi connectivity index (χ1n) is 10.0. The molecule has 0 amide bonds. The van der Waals surface area contributed by atoms with E-state index in [1.807, 2.05) is 24.3 Å². The van der Waals surface area contributed by atoms with Gasteiger partial charge in [-0.15, -0.1) is 10.2 Å². The monoisotopic (exact) mass is 425 g/mol.